The van der Waals surface area contributed by atoms with Gasteiger partial charge in [0.1, 0.15) is 13.2 Å². The van der Waals surface area contributed by atoms with Crippen molar-refractivity contribution in [3.05, 3.63) is 59.2 Å². The summed E-state index contributed by atoms with van der Waals surface area (Å²) < 4.78 is 11.5. The van der Waals surface area contributed by atoms with Crippen LogP contribution in [0.2, 0.25) is 0 Å². The SMILES string of the molecule is Cc1ccc(CNC(=O)N(N)[C@@H](Cc2ccc3c(c2)OCCO3)CN2CCCC2CN2CCCC2)cc1. The zero-order chi connectivity index (χ0) is 25.6. The second kappa shape index (κ2) is 12.2. The van der Waals surface area contributed by atoms with Gasteiger partial charge >= 0.3 is 6.03 Å². The molecule has 3 aliphatic rings. The number of carbonyl (C=O) groups excluding carboxylic acids is 1. The number of nitrogens with two attached hydrogens (primary N) is 1. The molecule has 0 aliphatic carbocycles. The summed E-state index contributed by atoms with van der Waals surface area (Å²) in [5.41, 5.74) is 3.34. The van der Waals surface area contributed by atoms with Crippen LogP contribution in [0.5, 0.6) is 11.5 Å². The Kier molecular flexibility index (Phi) is 8.48. The van der Waals surface area contributed by atoms with Gasteiger partial charge in [-0.05, 0) is 81.9 Å². The molecule has 3 aliphatic heterocycles. The van der Waals surface area contributed by atoms with Crippen molar-refractivity contribution in [1.82, 2.24) is 20.1 Å². The monoisotopic (exact) mass is 507 g/mol. The minimum Gasteiger partial charge on any atom is -0.486 e. The van der Waals surface area contributed by atoms with E-state index in [0.29, 0.717) is 32.2 Å². The molecule has 2 fully saturated rings. The molecule has 2 aromatic carbocycles. The van der Waals surface area contributed by atoms with E-state index < -0.39 is 0 Å². The number of fused-ring (bicyclic) bond motifs is 1. The van der Waals surface area contributed by atoms with Gasteiger partial charge < -0.3 is 19.7 Å². The quantitative estimate of drug-likeness (QED) is 0.308. The Hall–Kier alpha value is -2.81. The number of nitrogens with zero attached hydrogens (tertiary/aromatic N) is 3. The lowest BCUT2D eigenvalue weighted by molar-refractivity contribution is 0.125. The van der Waals surface area contributed by atoms with E-state index >= 15 is 0 Å². The summed E-state index contributed by atoms with van der Waals surface area (Å²) in [5, 5.41) is 4.43. The molecule has 8 heteroatoms. The maximum Gasteiger partial charge on any atom is 0.332 e. The molecule has 8 nitrogen and oxygen atoms in total. The number of urea groups is 1. The van der Waals surface area contributed by atoms with E-state index in [1.165, 1.54) is 49.3 Å². The zero-order valence-electron chi connectivity index (χ0n) is 22.0. The average Bonchev–Trinajstić information content (AvgIpc) is 3.60. The Labute approximate surface area is 220 Å². The Balaban J connectivity index is 1.28. The van der Waals surface area contributed by atoms with Gasteiger partial charge in [0, 0.05) is 25.7 Å². The molecule has 2 saturated heterocycles. The molecule has 0 aromatic heterocycles. The topological polar surface area (TPSA) is 83.3 Å². The van der Waals surface area contributed by atoms with Crippen LogP contribution in [0.4, 0.5) is 4.79 Å². The fraction of sp³-hybridized carbons (Fsp3) is 0.552. The summed E-state index contributed by atoms with van der Waals surface area (Å²) in [6.07, 6.45) is 5.66. The van der Waals surface area contributed by atoms with Crippen LogP contribution in [0.1, 0.15) is 42.4 Å². The molecule has 0 saturated carbocycles. The van der Waals surface area contributed by atoms with E-state index in [1.807, 2.05) is 24.3 Å². The number of likely N-dealkylation sites (tertiary alicyclic amines) is 2. The number of hydrogen-bond donors (Lipinski definition) is 2. The molecule has 2 atom stereocenters. The Morgan fingerprint density at radius 2 is 1.76 bits per heavy atom. The predicted molar refractivity (Wildman–Crippen MR) is 145 cm³/mol. The summed E-state index contributed by atoms with van der Waals surface area (Å²) in [5.74, 6) is 8.09. The lowest BCUT2D eigenvalue weighted by Gasteiger charge is -2.35. The van der Waals surface area contributed by atoms with Crippen molar-refractivity contribution in [2.75, 3.05) is 45.9 Å². The third kappa shape index (κ3) is 6.74. The van der Waals surface area contributed by atoms with Crippen molar-refractivity contribution < 1.29 is 14.3 Å². The maximum atomic E-state index is 13.2. The summed E-state index contributed by atoms with van der Waals surface area (Å²) in [4.78, 5) is 18.3. The van der Waals surface area contributed by atoms with Gasteiger partial charge in [-0.1, -0.05) is 35.9 Å². The molecular weight excluding hydrogens is 466 g/mol. The minimum absolute atomic E-state index is 0.167. The van der Waals surface area contributed by atoms with Crippen LogP contribution in [0.3, 0.4) is 0 Å². The molecule has 37 heavy (non-hydrogen) atoms. The van der Waals surface area contributed by atoms with Crippen molar-refractivity contribution >= 4 is 6.03 Å². The fourth-order valence-corrected chi connectivity index (χ4v) is 5.75. The van der Waals surface area contributed by atoms with Crippen LogP contribution in [-0.2, 0) is 13.0 Å². The first-order valence-corrected chi connectivity index (χ1v) is 13.8. The highest BCUT2D eigenvalue weighted by Gasteiger charge is 2.32. The number of hydrazine groups is 1. The van der Waals surface area contributed by atoms with Crippen LogP contribution >= 0.6 is 0 Å². The largest absolute Gasteiger partial charge is 0.486 e. The van der Waals surface area contributed by atoms with Crippen molar-refractivity contribution in [3.63, 3.8) is 0 Å². The first-order valence-electron chi connectivity index (χ1n) is 13.8. The number of aryl methyl sites for hydroxylation is 1. The van der Waals surface area contributed by atoms with Crippen molar-refractivity contribution in [3.8, 4) is 11.5 Å². The predicted octanol–water partition coefficient (Wildman–Crippen LogP) is 3.32. The molecular formula is C29H41N5O3. The lowest BCUT2D eigenvalue weighted by Crippen LogP contribution is -2.56. The van der Waals surface area contributed by atoms with Gasteiger partial charge in [0.25, 0.3) is 0 Å². The number of carbonyl (C=O) groups is 1. The van der Waals surface area contributed by atoms with E-state index in [4.69, 9.17) is 15.3 Å². The highest BCUT2D eigenvalue weighted by molar-refractivity contribution is 5.74. The Bertz CT molecular complexity index is 1040. The molecule has 1 unspecified atom stereocenters. The van der Waals surface area contributed by atoms with Gasteiger partial charge in [-0.3, -0.25) is 9.91 Å². The zero-order valence-corrected chi connectivity index (χ0v) is 22.0. The standard InChI is InChI=1S/C29H41N5O3/c1-22-6-8-23(9-7-22)19-31-29(35)34(30)26(17-24-10-11-27-28(18-24)37-16-15-36-27)21-33-14-4-5-25(33)20-32-12-2-3-13-32/h6-11,18,25-26H,2-5,12-17,19-21,30H2,1H3,(H,31,35)/t25?,26-/m0/s1. The van der Waals surface area contributed by atoms with Gasteiger partial charge in [-0.2, -0.15) is 0 Å². The third-order valence-corrected chi connectivity index (χ3v) is 7.88. The molecule has 0 spiro atoms. The van der Waals surface area contributed by atoms with E-state index in [1.54, 1.807) is 0 Å². The maximum absolute atomic E-state index is 13.2. The number of rotatable bonds is 9. The van der Waals surface area contributed by atoms with Crippen LogP contribution in [0.25, 0.3) is 0 Å². The van der Waals surface area contributed by atoms with Crippen LogP contribution < -0.4 is 20.6 Å². The summed E-state index contributed by atoms with van der Waals surface area (Å²) in [6, 6.07) is 14.3. The van der Waals surface area contributed by atoms with Gasteiger partial charge in [-0.25, -0.2) is 10.6 Å². The van der Waals surface area contributed by atoms with E-state index in [2.05, 4.69) is 40.2 Å². The molecule has 2 amide bonds. The summed E-state index contributed by atoms with van der Waals surface area (Å²) >= 11 is 0. The fourth-order valence-electron chi connectivity index (χ4n) is 5.75. The number of benzene rings is 2. The van der Waals surface area contributed by atoms with Crippen molar-refractivity contribution in [2.45, 2.75) is 57.7 Å². The number of hydrogen-bond acceptors (Lipinski definition) is 6. The van der Waals surface area contributed by atoms with E-state index in [-0.39, 0.29) is 12.1 Å². The molecule has 2 aromatic rings. The summed E-state index contributed by atoms with van der Waals surface area (Å²) in [6.45, 7) is 8.95. The number of amides is 2. The third-order valence-electron chi connectivity index (χ3n) is 7.88. The van der Waals surface area contributed by atoms with Crippen LogP contribution in [-0.4, -0.2) is 78.9 Å². The Morgan fingerprint density at radius 1 is 1.03 bits per heavy atom. The average molecular weight is 508 g/mol. The summed E-state index contributed by atoms with van der Waals surface area (Å²) in [7, 11) is 0. The number of ether oxygens (including phenoxy) is 2. The van der Waals surface area contributed by atoms with Crippen molar-refractivity contribution in [2.24, 2.45) is 5.84 Å². The van der Waals surface area contributed by atoms with Gasteiger partial charge in [0.2, 0.25) is 0 Å². The molecule has 200 valence electrons. The van der Waals surface area contributed by atoms with Gasteiger partial charge in [0.15, 0.2) is 11.5 Å². The van der Waals surface area contributed by atoms with E-state index in [0.717, 1.165) is 42.3 Å². The highest BCUT2D eigenvalue weighted by atomic mass is 16.6. The highest BCUT2D eigenvalue weighted by Crippen LogP contribution is 2.31. The second-order valence-electron chi connectivity index (χ2n) is 10.7. The van der Waals surface area contributed by atoms with Crippen LogP contribution in [0.15, 0.2) is 42.5 Å². The molecule has 3 heterocycles. The van der Waals surface area contributed by atoms with Crippen LogP contribution in [0, 0.1) is 6.92 Å². The number of nitrogens with one attached hydrogen (secondary N) is 1. The second-order valence-corrected chi connectivity index (χ2v) is 10.7. The first kappa shape index (κ1) is 25.8. The molecule has 5 rings (SSSR count). The first-order chi connectivity index (χ1) is 18.0. The smallest absolute Gasteiger partial charge is 0.332 e. The van der Waals surface area contributed by atoms with Gasteiger partial charge in [0.05, 0.1) is 6.04 Å². The van der Waals surface area contributed by atoms with Crippen molar-refractivity contribution in [1.29, 1.82) is 0 Å². The molecule has 0 radical (unpaired) electrons. The lowest BCUT2D eigenvalue weighted by atomic mass is 10.0. The normalized spacial score (nSPS) is 20.6. The minimum atomic E-state index is -0.251. The van der Waals surface area contributed by atoms with Gasteiger partial charge in [-0.15, -0.1) is 0 Å². The van der Waals surface area contributed by atoms with E-state index in [9.17, 15) is 4.79 Å². The molecule has 0 bridgehead atoms. The Morgan fingerprint density at radius 3 is 2.54 bits per heavy atom. The molecule has 3 N–H and O–H groups in total.